The van der Waals surface area contributed by atoms with Crippen molar-refractivity contribution in [2.24, 2.45) is 0 Å². The molecule has 0 aromatic carbocycles. The van der Waals surface area contributed by atoms with Gasteiger partial charge in [0.1, 0.15) is 19.3 Å². The van der Waals surface area contributed by atoms with E-state index in [2.05, 4.69) is 180 Å². The summed E-state index contributed by atoms with van der Waals surface area (Å²) in [5.41, 5.74) is 0. The lowest BCUT2D eigenvalue weighted by molar-refractivity contribution is -0.161. The fourth-order valence-corrected chi connectivity index (χ4v) is 12.7. The van der Waals surface area contributed by atoms with E-state index in [9.17, 15) is 43.2 Å². The molecule has 0 aliphatic carbocycles. The molecule has 5 atom stereocenters. The third kappa shape index (κ3) is 82.4. The second-order valence-corrected chi connectivity index (χ2v) is 31.3. The number of phosphoric ester groups is 2. The van der Waals surface area contributed by atoms with Crippen LogP contribution in [0.5, 0.6) is 0 Å². The van der Waals surface area contributed by atoms with Crippen LogP contribution in [-0.4, -0.2) is 96.7 Å². The number of ether oxygens (including phenoxy) is 4. The maximum absolute atomic E-state index is 13.2. The van der Waals surface area contributed by atoms with Crippen LogP contribution in [0.25, 0.3) is 0 Å². The molecule has 0 heterocycles. The number of aliphatic hydroxyl groups excluding tert-OH is 1. The summed E-state index contributed by atoms with van der Waals surface area (Å²) in [4.78, 5) is 73.3. The number of allylic oxidation sites excluding steroid dienone is 28. The van der Waals surface area contributed by atoms with Gasteiger partial charge in [-0.2, -0.15) is 0 Å². The van der Waals surface area contributed by atoms with Crippen LogP contribution >= 0.6 is 15.6 Å². The van der Waals surface area contributed by atoms with E-state index in [0.29, 0.717) is 32.1 Å². The minimum Gasteiger partial charge on any atom is -0.462 e. The van der Waals surface area contributed by atoms with Crippen molar-refractivity contribution in [3.63, 3.8) is 0 Å². The Hall–Kier alpha value is -5.58. The van der Waals surface area contributed by atoms with Crippen LogP contribution in [-0.2, 0) is 65.4 Å². The van der Waals surface area contributed by atoms with Crippen molar-refractivity contribution in [3.8, 4) is 0 Å². The molecule has 19 heteroatoms. The number of hydrogen-bond acceptors (Lipinski definition) is 15. The number of hydrogen-bond donors (Lipinski definition) is 3. The molecular weight excluding hydrogens is 1450 g/mol. The summed E-state index contributed by atoms with van der Waals surface area (Å²) in [7, 11) is -10.0. The maximum Gasteiger partial charge on any atom is 0.472 e. The Morgan fingerprint density at radius 3 is 0.795 bits per heavy atom. The summed E-state index contributed by atoms with van der Waals surface area (Å²) < 4.78 is 68.8. The quantitative estimate of drug-likeness (QED) is 0.0169. The average Bonchev–Trinajstić information content (AvgIpc) is 0.898. The monoisotopic (exact) mass is 1610 g/mol. The lowest BCUT2D eigenvalue weighted by atomic mass is 10.0. The SMILES string of the molecule is CC/C=C\C/C=C\C/C=C\C/C=C\C/C=C\C/C=C\CCC(=O)OCC(COP(=O)(O)OCC(O)COP(=O)(O)OCC(COC(=O)CCCCC/C=C\C/C=C\C/C=C\C/C=C\C/C=C\CC)OC(=O)CCCCCCCC/C=C\C/C=C\C/C=C\CCCCC)OC(=O)CCCCCCCCCCCCCCCCC. The number of esters is 4. The Balaban J connectivity index is 5.49. The van der Waals surface area contributed by atoms with Crippen molar-refractivity contribution in [1.29, 1.82) is 0 Å². The van der Waals surface area contributed by atoms with Gasteiger partial charge in [-0.25, -0.2) is 9.13 Å². The molecule has 0 rings (SSSR count). The normalized spacial score (nSPS) is 14.6. The van der Waals surface area contributed by atoms with Crippen molar-refractivity contribution in [2.45, 2.75) is 354 Å². The van der Waals surface area contributed by atoms with Gasteiger partial charge in [-0.15, -0.1) is 0 Å². The Morgan fingerprint density at radius 1 is 0.259 bits per heavy atom. The number of rotatable bonds is 80. The van der Waals surface area contributed by atoms with Gasteiger partial charge in [0.2, 0.25) is 0 Å². The number of phosphoric acid groups is 2. The van der Waals surface area contributed by atoms with Crippen molar-refractivity contribution in [2.75, 3.05) is 39.6 Å². The van der Waals surface area contributed by atoms with Gasteiger partial charge in [0, 0.05) is 25.7 Å². The topological polar surface area (TPSA) is 237 Å². The van der Waals surface area contributed by atoms with E-state index >= 15 is 0 Å². The molecule has 0 saturated carbocycles. The van der Waals surface area contributed by atoms with Gasteiger partial charge < -0.3 is 33.8 Å². The highest BCUT2D eigenvalue weighted by atomic mass is 31.2. The van der Waals surface area contributed by atoms with E-state index in [1.54, 1.807) is 0 Å². The van der Waals surface area contributed by atoms with Crippen LogP contribution in [0.1, 0.15) is 336 Å². The van der Waals surface area contributed by atoms with Crippen molar-refractivity contribution < 1.29 is 80.2 Å². The number of carbonyl (C=O) groups is 4. The molecule has 0 aliphatic rings. The van der Waals surface area contributed by atoms with E-state index in [1.807, 2.05) is 18.2 Å². The van der Waals surface area contributed by atoms with Crippen molar-refractivity contribution in [1.82, 2.24) is 0 Å². The van der Waals surface area contributed by atoms with Crippen LogP contribution < -0.4 is 0 Å². The highest BCUT2D eigenvalue weighted by Gasteiger charge is 2.30. The minimum atomic E-state index is -5.01. The fourth-order valence-electron chi connectivity index (χ4n) is 11.2. The lowest BCUT2D eigenvalue weighted by Crippen LogP contribution is -2.30. The maximum atomic E-state index is 13.2. The summed E-state index contributed by atoms with van der Waals surface area (Å²) in [6.07, 6.45) is 100. The first kappa shape index (κ1) is 106. The summed E-state index contributed by atoms with van der Waals surface area (Å²) in [6.45, 7) is 4.52. The van der Waals surface area contributed by atoms with E-state index in [-0.39, 0.29) is 25.7 Å². The van der Waals surface area contributed by atoms with Crippen LogP contribution in [0.3, 0.4) is 0 Å². The molecule has 0 fully saturated rings. The zero-order valence-electron chi connectivity index (χ0n) is 70.0. The minimum absolute atomic E-state index is 0.0326. The molecule has 0 radical (unpaired) electrons. The molecule has 0 aromatic heterocycles. The summed E-state index contributed by atoms with van der Waals surface area (Å²) >= 11 is 0. The number of carbonyl (C=O) groups excluding carboxylic acids is 4. The average molecular weight is 1610 g/mol. The zero-order valence-corrected chi connectivity index (χ0v) is 71.8. The first-order chi connectivity index (χ1) is 54.7. The van der Waals surface area contributed by atoms with Crippen LogP contribution in [0, 0.1) is 0 Å². The second-order valence-electron chi connectivity index (χ2n) is 28.4. The lowest BCUT2D eigenvalue weighted by Gasteiger charge is -2.21. The molecule has 0 saturated heterocycles. The first-order valence-electron chi connectivity index (χ1n) is 43.4. The third-order valence-corrected chi connectivity index (χ3v) is 19.6. The largest absolute Gasteiger partial charge is 0.472 e. The molecule has 0 amide bonds. The Morgan fingerprint density at radius 2 is 0.482 bits per heavy atom. The molecular formula is C93H154O17P2. The van der Waals surface area contributed by atoms with Gasteiger partial charge in [0.25, 0.3) is 0 Å². The Labute approximate surface area is 680 Å². The van der Waals surface area contributed by atoms with Gasteiger partial charge in [-0.05, 0) is 148 Å². The van der Waals surface area contributed by atoms with E-state index in [0.717, 1.165) is 167 Å². The Kier molecular flexibility index (Phi) is 79.2. The molecule has 5 unspecified atom stereocenters. The molecule has 0 bridgehead atoms. The smallest absolute Gasteiger partial charge is 0.462 e. The predicted octanol–water partition coefficient (Wildman–Crippen LogP) is 26.1. The molecule has 112 heavy (non-hydrogen) atoms. The van der Waals surface area contributed by atoms with Crippen molar-refractivity contribution in [3.05, 3.63) is 170 Å². The van der Waals surface area contributed by atoms with Gasteiger partial charge in [-0.3, -0.25) is 37.3 Å². The fraction of sp³-hybridized carbons (Fsp3) is 0.656. The van der Waals surface area contributed by atoms with Gasteiger partial charge in [0.05, 0.1) is 26.4 Å². The van der Waals surface area contributed by atoms with E-state index in [4.69, 9.17) is 37.0 Å². The van der Waals surface area contributed by atoms with Crippen molar-refractivity contribution >= 4 is 39.5 Å². The van der Waals surface area contributed by atoms with E-state index < -0.39 is 97.5 Å². The molecule has 0 aromatic rings. The van der Waals surface area contributed by atoms with Gasteiger partial charge >= 0.3 is 39.5 Å². The first-order valence-corrected chi connectivity index (χ1v) is 46.4. The van der Waals surface area contributed by atoms with Crippen LogP contribution in [0.15, 0.2) is 170 Å². The highest BCUT2D eigenvalue weighted by Crippen LogP contribution is 2.45. The van der Waals surface area contributed by atoms with Crippen LogP contribution in [0.4, 0.5) is 0 Å². The molecule has 0 spiro atoms. The summed E-state index contributed by atoms with van der Waals surface area (Å²) in [5.74, 6) is -2.32. The molecule has 0 aliphatic heterocycles. The predicted molar refractivity (Wildman–Crippen MR) is 463 cm³/mol. The Bertz CT molecular complexity index is 2790. The standard InChI is InChI=1S/C93H154O17P2/c1-5-9-13-17-21-25-29-33-37-40-43-46-50-53-57-61-65-69-73-77-90(95)103-83-88(109-92(97)79-75-71-67-63-59-55-49-36-32-28-24-20-16-12-8-4)85-107-111(99,100)105-81-87(94)82-106-112(101,102)108-86-89(110-93(98)80-76-72-68-64-60-56-52-48-45-42-39-35-31-27-23-19-15-11-7-3)84-104-91(96)78-74-70-66-62-58-54-51-47-44-41-38-34-30-26-22-18-14-10-6-2/h9-10,13-14,21-23,25-27,33-35,37-39,43-48,53-54,57-58,65,69,87-89,94H,5-8,11-12,15-20,24,28-32,36,40-42,49-52,55-56,59-64,66-68,70-86H2,1-4H3,(H,99,100)(H,101,102)/b13-9-,14-10-,25-21-,26-22-,27-23-,37-33-,38-34-,39-35-,46-43-,47-44-,48-45-,57-53-,58-54-,69-65-. The summed E-state index contributed by atoms with van der Waals surface area (Å²) in [6, 6.07) is 0. The third-order valence-electron chi connectivity index (χ3n) is 17.7. The van der Waals surface area contributed by atoms with E-state index in [1.165, 1.54) is 83.5 Å². The molecule has 638 valence electrons. The summed E-state index contributed by atoms with van der Waals surface area (Å²) in [5, 5.41) is 10.7. The van der Waals surface area contributed by atoms with Crippen LogP contribution in [0.2, 0.25) is 0 Å². The second kappa shape index (κ2) is 83.4. The molecule has 17 nitrogen and oxygen atoms in total. The number of aliphatic hydroxyl groups is 1. The highest BCUT2D eigenvalue weighted by molar-refractivity contribution is 7.47. The van der Waals surface area contributed by atoms with Gasteiger partial charge in [-0.1, -0.05) is 333 Å². The van der Waals surface area contributed by atoms with Gasteiger partial charge in [0.15, 0.2) is 12.2 Å². The zero-order chi connectivity index (χ0) is 81.7. The molecule has 3 N–H and O–H groups in total. The number of unbranched alkanes of at least 4 members (excludes halogenated alkanes) is 26.